The van der Waals surface area contributed by atoms with Gasteiger partial charge in [-0.25, -0.2) is 19.9 Å². The molecule has 1 aliphatic heterocycles. The van der Waals surface area contributed by atoms with Gasteiger partial charge in [-0.3, -0.25) is 9.78 Å². The first-order chi connectivity index (χ1) is 27.3. The predicted molar refractivity (Wildman–Crippen MR) is 220 cm³/mol. The van der Waals surface area contributed by atoms with Gasteiger partial charge in [-0.15, -0.1) is 0 Å². The summed E-state index contributed by atoms with van der Waals surface area (Å²) in [5.74, 6) is 2.01. The van der Waals surface area contributed by atoms with Crippen LogP contribution in [0, 0.1) is 0 Å². The molecule has 2 aromatic heterocycles. The zero-order chi connectivity index (χ0) is 39.2. The molecule has 0 bridgehead atoms. The number of rotatable bonds is 13. The number of aliphatic imine (C=N–C) groups is 1. The molecule has 3 heterocycles. The summed E-state index contributed by atoms with van der Waals surface area (Å²) in [7, 11) is 4.59. The summed E-state index contributed by atoms with van der Waals surface area (Å²) in [6, 6.07) is 31.6. The molecule has 10 nitrogen and oxygen atoms in total. The Morgan fingerprint density at radius 3 is 2.14 bits per heavy atom. The van der Waals surface area contributed by atoms with Crippen molar-refractivity contribution in [2.45, 2.75) is 19.8 Å². The highest BCUT2D eigenvalue weighted by Crippen LogP contribution is 2.40. The van der Waals surface area contributed by atoms with Gasteiger partial charge in [0.2, 0.25) is 11.7 Å². The third-order valence-electron chi connectivity index (χ3n) is 9.08. The zero-order valence-electron chi connectivity index (χ0n) is 31.1. The van der Waals surface area contributed by atoms with Crippen LogP contribution in [0.2, 0.25) is 10.0 Å². The van der Waals surface area contributed by atoms with Crippen molar-refractivity contribution in [2.75, 3.05) is 32.8 Å². The molecule has 0 aliphatic carbocycles. The molecule has 0 saturated heterocycles. The summed E-state index contributed by atoms with van der Waals surface area (Å²) in [5.41, 5.74) is 6.02. The number of carbonyl (C=O) groups is 1. The second kappa shape index (κ2) is 17.1. The van der Waals surface area contributed by atoms with Crippen LogP contribution >= 0.6 is 23.2 Å². The molecule has 4 aromatic carbocycles. The number of amidine groups is 1. The molecule has 0 saturated carbocycles. The molecule has 1 amide bonds. The van der Waals surface area contributed by atoms with Crippen molar-refractivity contribution in [3.63, 3.8) is 0 Å². The summed E-state index contributed by atoms with van der Waals surface area (Å²) in [6.45, 7) is 2.58. The molecule has 6 aromatic rings. The van der Waals surface area contributed by atoms with E-state index >= 15 is 0 Å². The van der Waals surface area contributed by atoms with Crippen molar-refractivity contribution in [3.05, 3.63) is 147 Å². The average Bonchev–Trinajstić information content (AvgIpc) is 3.55. The number of amides is 1. The fraction of sp³-hybridized carbons (Fsp3) is 0.159. The third-order valence-corrected chi connectivity index (χ3v) is 9.62. The number of nitrogens with zero attached hydrogens (tertiary/aromatic N) is 5. The van der Waals surface area contributed by atoms with Crippen molar-refractivity contribution in [3.8, 4) is 45.5 Å². The minimum Gasteiger partial charge on any atom is -0.493 e. The fourth-order valence-corrected chi connectivity index (χ4v) is 6.66. The molecule has 0 N–H and O–H groups in total. The Morgan fingerprint density at radius 2 is 1.50 bits per heavy atom. The monoisotopic (exact) mass is 785 g/mol. The number of carbonyl (C=O) groups excluding carboxylic acids is 1. The van der Waals surface area contributed by atoms with E-state index in [2.05, 4.69) is 18.0 Å². The molecule has 0 fully saturated rings. The maximum absolute atomic E-state index is 14.5. The zero-order valence-corrected chi connectivity index (χ0v) is 32.6. The van der Waals surface area contributed by atoms with E-state index in [-0.39, 0.29) is 11.6 Å². The van der Waals surface area contributed by atoms with E-state index in [4.69, 9.17) is 57.1 Å². The lowest BCUT2D eigenvalue weighted by Gasteiger charge is -2.19. The van der Waals surface area contributed by atoms with E-state index in [1.807, 2.05) is 72.9 Å². The standard InChI is InChI=1S/C44H37Cl2N5O5/c1-5-27-11-15-32(47-26-27)19-20-56-33-16-12-29(13-17-33)36-25-37(34-18-14-31(45)24-35(34)46)50-44(49-36)51-42(30-9-7-6-8-10-30)48-38(43(51)52)21-28-22-39(53-2)41(55-4)40(23-28)54-3/h6-18,21-26H,5,19-20H2,1-4H3/b38-21+. The van der Waals surface area contributed by atoms with Crippen molar-refractivity contribution < 1.29 is 23.7 Å². The topological polar surface area (TPSA) is 108 Å². The van der Waals surface area contributed by atoms with Gasteiger partial charge in [0, 0.05) is 40.0 Å². The van der Waals surface area contributed by atoms with E-state index in [0.29, 0.717) is 80.0 Å². The molecule has 56 heavy (non-hydrogen) atoms. The van der Waals surface area contributed by atoms with Crippen molar-refractivity contribution in [1.29, 1.82) is 0 Å². The summed E-state index contributed by atoms with van der Waals surface area (Å²) < 4.78 is 22.7. The number of hydrogen-bond donors (Lipinski definition) is 0. The molecule has 0 spiro atoms. The first-order valence-electron chi connectivity index (χ1n) is 17.8. The lowest BCUT2D eigenvalue weighted by atomic mass is 10.1. The highest BCUT2D eigenvalue weighted by atomic mass is 35.5. The van der Waals surface area contributed by atoms with Gasteiger partial charge in [-0.05, 0) is 90.4 Å². The lowest BCUT2D eigenvalue weighted by molar-refractivity contribution is -0.113. The van der Waals surface area contributed by atoms with Crippen LogP contribution in [-0.2, 0) is 17.6 Å². The number of ether oxygens (including phenoxy) is 4. The summed E-state index contributed by atoms with van der Waals surface area (Å²) in [5, 5.41) is 0.871. The van der Waals surface area contributed by atoms with Crippen LogP contribution in [0.25, 0.3) is 28.6 Å². The van der Waals surface area contributed by atoms with Crippen LogP contribution in [-0.4, -0.2) is 54.6 Å². The Balaban J connectivity index is 1.27. The van der Waals surface area contributed by atoms with Gasteiger partial charge in [0.05, 0.1) is 44.3 Å². The van der Waals surface area contributed by atoms with Crippen LogP contribution in [0.15, 0.2) is 120 Å². The first-order valence-corrected chi connectivity index (χ1v) is 18.6. The van der Waals surface area contributed by atoms with Crippen LogP contribution in [0.3, 0.4) is 0 Å². The number of aryl methyl sites for hydroxylation is 1. The Hall–Kier alpha value is -6.23. The number of methoxy groups -OCH3 is 3. The molecular weight excluding hydrogens is 749 g/mol. The molecule has 0 radical (unpaired) electrons. The largest absolute Gasteiger partial charge is 0.493 e. The van der Waals surface area contributed by atoms with Crippen LogP contribution in [0.5, 0.6) is 23.0 Å². The third kappa shape index (κ3) is 8.22. The Kier molecular flexibility index (Phi) is 11.6. The van der Waals surface area contributed by atoms with E-state index in [9.17, 15) is 4.79 Å². The highest BCUT2D eigenvalue weighted by molar-refractivity contribution is 6.36. The number of aromatic nitrogens is 3. The minimum absolute atomic E-state index is 0.103. The maximum Gasteiger partial charge on any atom is 0.285 e. The van der Waals surface area contributed by atoms with Crippen molar-refractivity contribution in [2.24, 2.45) is 4.99 Å². The maximum atomic E-state index is 14.5. The Bertz CT molecular complexity index is 2410. The minimum atomic E-state index is -0.439. The van der Waals surface area contributed by atoms with E-state index in [0.717, 1.165) is 17.7 Å². The van der Waals surface area contributed by atoms with Gasteiger partial charge in [-0.1, -0.05) is 66.5 Å². The summed E-state index contributed by atoms with van der Waals surface area (Å²) in [6.07, 6.45) is 5.19. The SMILES string of the molecule is CCc1ccc(CCOc2ccc(-c3cc(-c4ccc(Cl)cc4Cl)nc(N4C(=O)/C(=C\c5cc(OC)c(OC)c(OC)c5)N=C4c4ccccc4)n3)cc2)nc1. The highest BCUT2D eigenvalue weighted by Gasteiger charge is 2.35. The van der Waals surface area contributed by atoms with E-state index < -0.39 is 5.91 Å². The van der Waals surface area contributed by atoms with E-state index in [1.54, 1.807) is 36.4 Å². The van der Waals surface area contributed by atoms with Gasteiger partial charge in [0.25, 0.3) is 5.91 Å². The molecule has 282 valence electrons. The number of halogens is 2. The quantitative estimate of drug-likeness (QED) is 0.107. The van der Waals surface area contributed by atoms with Gasteiger partial charge < -0.3 is 18.9 Å². The Morgan fingerprint density at radius 1 is 0.768 bits per heavy atom. The van der Waals surface area contributed by atoms with Crippen LogP contribution in [0.1, 0.15) is 29.3 Å². The second-order valence-electron chi connectivity index (χ2n) is 12.6. The lowest BCUT2D eigenvalue weighted by Crippen LogP contribution is -2.34. The number of benzene rings is 4. The Labute approximate surface area is 335 Å². The molecule has 12 heteroatoms. The molecule has 1 aliphatic rings. The normalized spacial score (nSPS) is 13.2. The van der Waals surface area contributed by atoms with Gasteiger partial charge >= 0.3 is 0 Å². The van der Waals surface area contributed by atoms with Gasteiger partial charge in [-0.2, -0.15) is 0 Å². The van der Waals surface area contributed by atoms with Crippen LogP contribution in [0.4, 0.5) is 5.95 Å². The fourth-order valence-electron chi connectivity index (χ4n) is 6.15. The van der Waals surface area contributed by atoms with Gasteiger partial charge in [0.1, 0.15) is 11.4 Å². The van der Waals surface area contributed by atoms with Crippen molar-refractivity contribution >= 4 is 47.0 Å². The number of anilines is 1. The van der Waals surface area contributed by atoms with Crippen molar-refractivity contribution in [1.82, 2.24) is 15.0 Å². The number of hydrogen-bond acceptors (Lipinski definition) is 9. The second-order valence-corrected chi connectivity index (χ2v) is 13.5. The molecular formula is C44H37Cl2N5O5. The molecule has 7 rings (SSSR count). The smallest absolute Gasteiger partial charge is 0.285 e. The predicted octanol–water partition coefficient (Wildman–Crippen LogP) is 9.56. The van der Waals surface area contributed by atoms with Gasteiger partial charge in [0.15, 0.2) is 17.3 Å². The van der Waals surface area contributed by atoms with E-state index in [1.165, 1.54) is 31.8 Å². The van der Waals surface area contributed by atoms with Crippen LogP contribution < -0.4 is 23.8 Å². The first kappa shape index (κ1) is 38.1. The summed E-state index contributed by atoms with van der Waals surface area (Å²) >= 11 is 13.0. The molecule has 0 unspecified atom stereocenters. The summed E-state index contributed by atoms with van der Waals surface area (Å²) in [4.78, 5) is 35.2. The average molecular weight is 787 g/mol. The molecule has 0 atom stereocenters. The number of pyridine rings is 1.